The van der Waals surface area contributed by atoms with Crippen LogP contribution in [0.3, 0.4) is 0 Å². The maximum absolute atomic E-state index is 13.6. The number of hydrogen-bond donors (Lipinski definition) is 1. The van der Waals surface area contributed by atoms with Crippen molar-refractivity contribution >= 4 is 19.7 Å². The second-order valence-corrected chi connectivity index (χ2v) is 29.3. The first-order valence-corrected chi connectivity index (χ1v) is 40.1. The average Bonchev–Trinajstić information content (AvgIpc) is 3.70. The minimum Gasteiger partial charge on any atom is -0.756 e. The summed E-state index contributed by atoms with van der Waals surface area (Å²) in [5, 5.41) is 3.06. The summed E-state index contributed by atoms with van der Waals surface area (Å²) in [6, 6.07) is -0.884. The number of quaternary nitrogens is 1. The minimum atomic E-state index is -4.70. The van der Waals surface area contributed by atoms with Crippen LogP contribution in [0.4, 0.5) is 0 Å². The van der Waals surface area contributed by atoms with E-state index in [1.165, 1.54) is 315 Å². The molecule has 9 nitrogen and oxygen atoms in total. The summed E-state index contributed by atoms with van der Waals surface area (Å²) in [7, 11) is 1.21. The molecule has 0 aromatic carbocycles. The minimum absolute atomic E-state index is 0.0177. The summed E-state index contributed by atoms with van der Waals surface area (Å²) in [6.07, 6.45) is 83.2. The van der Waals surface area contributed by atoms with Gasteiger partial charge in [-0.05, 0) is 57.4 Å². The average molecular weight is 1250 g/mol. The molecule has 0 aliphatic carbocycles. The van der Waals surface area contributed by atoms with Crippen LogP contribution in [0.2, 0.25) is 0 Å². The maximum atomic E-state index is 13.6. The van der Waals surface area contributed by atoms with E-state index >= 15 is 0 Å². The van der Waals surface area contributed by atoms with E-state index in [1.807, 2.05) is 33.3 Å². The number of amides is 1. The Bertz CT molecular complexity index is 1530. The van der Waals surface area contributed by atoms with Gasteiger partial charge >= 0.3 is 5.97 Å². The van der Waals surface area contributed by atoms with Crippen molar-refractivity contribution in [2.45, 2.75) is 418 Å². The maximum Gasteiger partial charge on any atom is 0.306 e. The van der Waals surface area contributed by atoms with Crippen molar-refractivity contribution < 1.29 is 37.3 Å². The van der Waals surface area contributed by atoms with Crippen LogP contribution in [-0.4, -0.2) is 69.4 Å². The number of carbonyl (C=O) groups excluding carboxylic acids is 2. The van der Waals surface area contributed by atoms with Gasteiger partial charge in [0.05, 0.1) is 33.8 Å². The number of allylic oxidation sites excluding steroid dienone is 3. The molecule has 0 spiro atoms. The summed E-state index contributed by atoms with van der Waals surface area (Å²) < 4.78 is 30.5. The number of esters is 1. The van der Waals surface area contributed by atoms with Crippen LogP contribution in [0.5, 0.6) is 0 Å². The highest BCUT2D eigenvalue weighted by molar-refractivity contribution is 7.45. The monoisotopic (exact) mass is 1250 g/mol. The third kappa shape index (κ3) is 68.7. The standard InChI is InChI=1S/C77H151N2O7P/c1-7-10-13-16-19-22-25-28-30-32-34-36-38-39-41-42-44-46-48-51-54-57-60-63-66-69-76(80)78-74(73-85-87(82,83)84-72-71-79(4,5)6)75(68-65-62-59-56-53-50-27-24-21-18-15-12-9-3)86-77(81)70-67-64-61-58-55-52-49-47-45-43-40-37-35-33-31-29-26-23-20-17-14-11-8-2/h29,31,65,68,74-75H,7-28,30,32-64,66-67,69-73H2,1-6H3,(H-,78,80,82,83)/b31-29+,68-65+. The predicted molar refractivity (Wildman–Crippen MR) is 377 cm³/mol. The molecule has 0 fully saturated rings. The van der Waals surface area contributed by atoms with E-state index in [0.29, 0.717) is 17.4 Å². The van der Waals surface area contributed by atoms with Gasteiger partial charge in [0.2, 0.25) is 5.91 Å². The number of phosphoric ester groups is 1. The number of nitrogens with one attached hydrogen (secondary N) is 1. The molecule has 0 heterocycles. The molecule has 0 aromatic rings. The SMILES string of the molecule is CCCCCCCC/C=C/CCCCCCCCCCCCCCCC(=O)OC(/C=C/CCCCCCCCCCCCC)C(COP(=O)([O-])OCC[N+](C)(C)C)NC(=O)CCCCCCCCCCCCCCCCCCCCCCCCCCC. The number of likely N-dealkylation sites (N-methyl/N-ethyl adjacent to an activating group) is 1. The molecule has 0 aliphatic rings. The van der Waals surface area contributed by atoms with E-state index in [2.05, 4.69) is 38.2 Å². The third-order valence-electron chi connectivity index (χ3n) is 17.9. The van der Waals surface area contributed by atoms with E-state index in [0.717, 1.165) is 57.8 Å². The second kappa shape index (κ2) is 67.4. The molecule has 0 rings (SSSR count). The summed E-state index contributed by atoms with van der Waals surface area (Å²) in [5.41, 5.74) is 0. The van der Waals surface area contributed by atoms with Crippen LogP contribution < -0.4 is 10.2 Å². The molecule has 3 unspecified atom stereocenters. The van der Waals surface area contributed by atoms with E-state index in [4.69, 9.17) is 13.8 Å². The summed E-state index contributed by atoms with van der Waals surface area (Å²) in [6.45, 7) is 6.93. The molecule has 1 amide bonds. The first-order valence-electron chi connectivity index (χ1n) is 38.6. The fourth-order valence-electron chi connectivity index (χ4n) is 11.9. The van der Waals surface area contributed by atoms with E-state index < -0.39 is 20.0 Å². The smallest absolute Gasteiger partial charge is 0.306 e. The normalized spacial score (nSPS) is 13.5. The van der Waals surface area contributed by atoms with Crippen molar-refractivity contribution in [3.63, 3.8) is 0 Å². The highest BCUT2D eigenvalue weighted by Crippen LogP contribution is 2.38. The molecule has 87 heavy (non-hydrogen) atoms. The fraction of sp³-hybridized carbons (Fsp3) is 0.922. The number of phosphoric acid groups is 1. The predicted octanol–water partition coefficient (Wildman–Crippen LogP) is 24.2. The number of carbonyl (C=O) groups is 2. The second-order valence-electron chi connectivity index (χ2n) is 27.9. The lowest BCUT2D eigenvalue weighted by atomic mass is 10.0. The Labute approximate surface area is 543 Å². The third-order valence-corrected chi connectivity index (χ3v) is 18.8. The molecular formula is C77H151N2O7P. The van der Waals surface area contributed by atoms with Gasteiger partial charge < -0.3 is 28.5 Å². The van der Waals surface area contributed by atoms with Gasteiger partial charge in [0.1, 0.15) is 19.3 Å². The van der Waals surface area contributed by atoms with Crippen molar-refractivity contribution in [3.8, 4) is 0 Å². The molecule has 0 bridgehead atoms. The first kappa shape index (κ1) is 85.5. The van der Waals surface area contributed by atoms with Crippen LogP contribution in [0.25, 0.3) is 0 Å². The Morgan fingerprint density at radius 3 is 0.977 bits per heavy atom. The molecule has 3 atom stereocenters. The van der Waals surface area contributed by atoms with Crippen molar-refractivity contribution in [1.29, 1.82) is 0 Å². The molecule has 0 aromatic heterocycles. The van der Waals surface area contributed by atoms with E-state index in [9.17, 15) is 19.0 Å². The molecule has 10 heteroatoms. The Morgan fingerprint density at radius 1 is 0.391 bits per heavy atom. The lowest BCUT2D eigenvalue weighted by molar-refractivity contribution is -0.870. The van der Waals surface area contributed by atoms with Gasteiger partial charge in [-0.3, -0.25) is 14.2 Å². The molecule has 0 saturated carbocycles. The fourth-order valence-corrected chi connectivity index (χ4v) is 12.7. The Balaban J connectivity index is 4.97. The highest BCUT2D eigenvalue weighted by Gasteiger charge is 2.27. The number of ether oxygens (including phenoxy) is 1. The molecule has 0 saturated heterocycles. The quantitative estimate of drug-likeness (QED) is 0.0212. The zero-order valence-electron chi connectivity index (χ0n) is 59.3. The summed E-state index contributed by atoms with van der Waals surface area (Å²) in [4.78, 5) is 40.3. The van der Waals surface area contributed by atoms with Crippen LogP contribution in [-0.2, 0) is 27.9 Å². The van der Waals surface area contributed by atoms with Crippen molar-refractivity contribution in [1.82, 2.24) is 5.32 Å². The van der Waals surface area contributed by atoms with E-state index in [-0.39, 0.29) is 31.5 Å². The number of rotatable bonds is 72. The number of hydrogen-bond acceptors (Lipinski definition) is 7. The van der Waals surface area contributed by atoms with E-state index in [1.54, 1.807) is 0 Å². The van der Waals surface area contributed by atoms with Gasteiger partial charge in [-0.25, -0.2) is 0 Å². The van der Waals surface area contributed by atoms with Crippen molar-refractivity contribution in [3.05, 3.63) is 24.3 Å². The van der Waals surface area contributed by atoms with Gasteiger partial charge in [-0.15, -0.1) is 0 Å². The van der Waals surface area contributed by atoms with Gasteiger partial charge in [-0.1, -0.05) is 360 Å². The largest absolute Gasteiger partial charge is 0.756 e. The lowest BCUT2D eigenvalue weighted by Gasteiger charge is -2.30. The van der Waals surface area contributed by atoms with Crippen molar-refractivity contribution in [2.75, 3.05) is 40.9 Å². The zero-order valence-corrected chi connectivity index (χ0v) is 60.2. The van der Waals surface area contributed by atoms with Crippen LogP contribution >= 0.6 is 7.82 Å². The number of nitrogens with zero attached hydrogens (tertiary/aromatic N) is 1. The van der Waals surface area contributed by atoms with Gasteiger partial charge in [0.15, 0.2) is 0 Å². The Hall–Kier alpha value is -1.51. The van der Waals surface area contributed by atoms with Crippen LogP contribution in [0.1, 0.15) is 406 Å². The zero-order chi connectivity index (χ0) is 63.5. The molecule has 516 valence electrons. The molecule has 0 radical (unpaired) electrons. The Kier molecular flexibility index (Phi) is 66.2. The van der Waals surface area contributed by atoms with Crippen LogP contribution in [0.15, 0.2) is 24.3 Å². The molecule has 1 N–H and O–H groups in total. The topological polar surface area (TPSA) is 114 Å². The number of unbranched alkanes of at least 4 members (excludes halogenated alkanes) is 54. The Morgan fingerprint density at radius 2 is 0.667 bits per heavy atom. The first-order chi connectivity index (χ1) is 42.4. The van der Waals surface area contributed by atoms with Gasteiger partial charge in [0.25, 0.3) is 7.82 Å². The van der Waals surface area contributed by atoms with Gasteiger partial charge in [0, 0.05) is 12.8 Å². The molecule has 0 aliphatic heterocycles. The molecular weight excluding hydrogens is 1100 g/mol. The lowest BCUT2D eigenvalue weighted by Crippen LogP contribution is -2.47. The van der Waals surface area contributed by atoms with Crippen LogP contribution in [0, 0.1) is 0 Å². The highest BCUT2D eigenvalue weighted by atomic mass is 31.2. The van der Waals surface area contributed by atoms with Gasteiger partial charge in [-0.2, -0.15) is 0 Å². The summed E-state index contributed by atoms with van der Waals surface area (Å²) >= 11 is 0. The summed E-state index contributed by atoms with van der Waals surface area (Å²) in [5.74, 6) is -0.514. The van der Waals surface area contributed by atoms with Crippen molar-refractivity contribution in [2.24, 2.45) is 0 Å².